The van der Waals surface area contributed by atoms with Crippen molar-refractivity contribution in [2.24, 2.45) is 13.0 Å². The molecule has 1 saturated carbocycles. The van der Waals surface area contributed by atoms with Gasteiger partial charge in [0.1, 0.15) is 0 Å². The number of nitrogens with zero attached hydrogens (tertiary/aromatic N) is 2. The first-order chi connectivity index (χ1) is 9.30. The maximum absolute atomic E-state index is 12.6. The summed E-state index contributed by atoms with van der Waals surface area (Å²) < 4.78 is 29.1. The first-order valence-corrected chi connectivity index (χ1v) is 8.97. The first-order valence-electron chi connectivity index (χ1n) is 6.57. The van der Waals surface area contributed by atoms with E-state index < -0.39 is 15.6 Å². The van der Waals surface area contributed by atoms with Crippen LogP contribution in [0.4, 0.5) is 0 Å². The van der Waals surface area contributed by atoms with Crippen LogP contribution in [-0.4, -0.2) is 29.6 Å². The lowest BCUT2D eigenvalue weighted by Gasteiger charge is -2.38. The van der Waals surface area contributed by atoms with Crippen molar-refractivity contribution < 1.29 is 8.42 Å². The second-order valence-corrected chi connectivity index (χ2v) is 7.91. The van der Waals surface area contributed by atoms with Crippen molar-refractivity contribution in [1.82, 2.24) is 14.5 Å². The van der Waals surface area contributed by atoms with Crippen LogP contribution < -0.4 is 4.72 Å². The molecule has 0 radical (unpaired) electrons. The molecule has 2 rings (SSSR count). The zero-order valence-corrected chi connectivity index (χ0v) is 13.9. The molecule has 0 amide bonds. The van der Waals surface area contributed by atoms with Crippen molar-refractivity contribution in [2.75, 3.05) is 5.88 Å². The second kappa shape index (κ2) is 5.83. The molecule has 1 aromatic heterocycles. The third-order valence-corrected chi connectivity index (χ3v) is 6.39. The highest BCUT2D eigenvalue weighted by molar-refractivity contribution is 7.89. The highest BCUT2D eigenvalue weighted by Crippen LogP contribution is 2.35. The molecule has 1 aromatic rings. The van der Waals surface area contributed by atoms with Gasteiger partial charge in [0.15, 0.2) is 5.03 Å². The van der Waals surface area contributed by atoms with E-state index >= 15 is 0 Å². The van der Waals surface area contributed by atoms with Gasteiger partial charge < -0.3 is 0 Å². The van der Waals surface area contributed by atoms with Crippen LogP contribution in [0.25, 0.3) is 0 Å². The summed E-state index contributed by atoms with van der Waals surface area (Å²) in [6.45, 7) is 2.12. The lowest BCUT2D eigenvalue weighted by atomic mass is 9.78. The van der Waals surface area contributed by atoms with Gasteiger partial charge in [-0.05, 0) is 18.8 Å². The Kier molecular flexibility index (Phi) is 4.69. The number of aromatic nitrogens is 2. The largest absolute Gasteiger partial charge is 0.259 e. The van der Waals surface area contributed by atoms with Gasteiger partial charge in [-0.3, -0.25) is 4.68 Å². The summed E-state index contributed by atoms with van der Waals surface area (Å²) in [5, 5.41) is 3.98. The number of aryl methyl sites for hydroxylation is 1. The monoisotopic (exact) mass is 339 g/mol. The summed E-state index contributed by atoms with van der Waals surface area (Å²) in [5.41, 5.74) is -0.592. The fraction of sp³-hybridized carbons (Fsp3) is 0.750. The average molecular weight is 340 g/mol. The highest BCUT2D eigenvalue weighted by atomic mass is 35.5. The van der Waals surface area contributed by atoms with Crippen molar-refractivity contribution in [2.45, 2.75) is 43.2 Å². The van der Waals surface area contributed by atoms with Gasteiger partial charge >= 0.3 is 0 Å². The molecule has 5 nitrogen and oxygen atoms in total. The highest BCUT2D eigenvalue weighted by Gasteiger charge is 2.39. The fourth-order valence-electron chi connectivity index (χ4n) is 2.94. The summed E-state index contributed by atoms with van der Waals surface area (Å²) >= 11 is 12.0. The van der Waals surface area contributed by atoms with E-state index in [1.807, 2.05) is 0 Å². The zero-order valence-electron chi connectivity index (χ0n) is 11.6. The van der Waals surface area contributed by atoms with Crippen LogP contribution in [0.2, 0.25) is 5.02 Å². The average Bonchev–Trinajstić information content (AvgIpc) is 2.69. The molecule has 0 bridgehead atoms. The number of halogens is 2. The zero-order chi connectivity index (χ0) is 15.0. The molecule has 2 unspecified atom stereocenters. The standard InChI is InChI=1S/C12H19Cl2N3O2S/c1-9-4-3-5-12(6-9,8-13)16-20(18,19)11-10(14)7-15-17(11)2/h7,9,16H,3-6,8H2,1-2H3. The third-order valence-electron chi connectivity index (χ3n) is 3.80. The van der Waals surface area contributed by atoms with Gasteiger partial charge in [-0.2, -0.15) is 5.10 Å². The number of alkyl halides is 1. The maximum atomic E-state index is 12.6. The Balaban J connectivity index is 2.31. The van der Waals surface area contributed by atoms with E-state index in [9.17, 15) is 8.42 Å². The fourth-order valence-corrected chi connectivity index (χ4v) is 5.42. The molecular weight excluding hydrogens is 321 g/mol. The van der Waals surface area contributed by atoms with Crippen LogP contribution >= 0.6 is 23.2 Å². The topological polar surface area (TPSA) is 64.0 Å². The molecule has 1 aliphatic carbocycles. The molecular formula is C12H19Cl2N3O2S. The molecule has 0 aliphatic heterocycles. The molecule has 0 saturated heterocycles. The van der Waals surface area contributed by atoms with E-state index in [0.717, 1.165) is 25.7 Å². The Bertz CT molecular complexity index is 568. The minimum atomic E-state index is -3.74. The maximum Gasteiger partial charge on any atom is 0.259 e. The molecule has 1 fully saturated rings. The van der Waals surface area contributed by atoms with E-state index in [4.69, 9.17) is 23.2 Å². The Morgan fingerprint density at radius 1 is 1.60 bits per heavy atom. The van der Waals surface area contributed by atoms with E-state index in [1.54, 1.807) is 7.05 Å². The molecule has 0 aromatic carbocycles. The SMILES string of the molecule is CC1CCCC(CCl)(NS(=O)(=O)c2c(Cl)cnn2C)C1. The number of nitrogens with one attached hydrogen (secondary N) is 1. The predicted molar refractivity (Wildman–Crippen MR) is 79.6 cm³/mol. The van der Waals surface area contributed by atoms with Crippen LogP contribution in [0.15, 0.2) is 11.2 Å². The van der Waals surface area contributed by atoms with Crippen LogP contribution in [-0.2, 0) is 17.1 Å². The van der Waals surface area contributed by atoms with E-state index in [0.29, 0.717) is 5.92 Å². The predicted octanol–water partition coefficient (Wildman–Crippen LogP) is 2.54. The van der Waals surface area contributed by atoms with Crippen molar-refractivity contribution >= 4 is 33.2 Å². The van der Waals surface area contributed by atoms with E-state index in [2.05, 4.69) is 16.7 Å². The Morgan fingerprint density at radius 2 is 2.30 bits per heavy atom. The van der Waals surface area contributed by atoms with Crippen molar-refractivity contribution in [3.63, 3.8) is 0 Å². The van der Waals surface area contributed by atoms with Crippen LogP contribution in [0.5, 0.6) is 0 Å². The lowest BCUT2D eigenvalue weighted by Crippen LogP contribution is -2.52. The van der Waals surface area contributed by atoms with Crippen molar-refractivity contribution in [1.29, 1.82) is 0 Å². The Labute approximate surface area is 129 Å². The third kappa shape index (κ3) is 3.13. The second-order valence-electron chi connectivity index (χ2n) is 5.64. The van der Waals surface area contributed by atoms with Gasteiger partial charge in [0.25, 0.3) is 10.0 Å². The van der Waals surface area contributed by atoms with Gasteiger partial charge in [-0.1, -0.05) is 31.4 Å². The van der Waals surface area contributed by atoms with Gasteiger partial charge in [-0.25, -0.2) is 13.1 Å². The van der Waals surface area contributed by atoms with Gasteiger partial charge in [0, 0.05) is 18.5 Å². The van der Waals surface area contributed by atoms with Crippen LogP contribution in [0.1, 0.15) is 32.6 Å². The smallest absolute Gasteiger partial charge is 0.255 e. The first kappa shape index (κ1) is 16.1. The number of hydrogen-bond acceptors (Lipinski definition) is 3. The summed E-state index contributed by atoms with van der Waals surface area (Å²) in [7, 11) is -2.18. The van der Waals surface area contributed by atoms with Crippen LogP contribution in [0.3, 0.4) is 0 Å². The van der Waals surface area contributed by atoms with Gasteiger partial charge in [0.2, 0.25) is 0 Å². The molecule has 1 N–H and O–H groups in total. The summed E-state index contributed by atoms with van der Waals surface area (Å²) in [6, 6.07) is 0. The minimum Gasteiger partial charge on any atom is -0.255 e. The summed E-state index contributed by atoms with van der Waals surface area (Å²) in [5.74, 6) is 0.707. The molecule has 114 valence electrons. The number of rotatable bonds is 4. The molecule has 0 spiro atoms. The Morgan fingerprint density at radius 3 is 2.80 bits per heavy atom. The molecule has 1 heterocycles. The lowest BCUT2D eigenvalue weighted by molar-refractivity contribution is 0.238. The van der Waals surface area contributed by atoms with Crippen LogP contribution in [0, 0.1) is 5.92 Å². The Hall–Kier alpha value is -0.300. The molecule has 1 aliphatic rings. The van der Waals surface area contributed by atoms with E-state index in [-0.39, 0.29) is 15.9 Å². The quantitative estimate of drug-likeness (QED) is 0.857. The van der Waals surface area contributed by atoms with Gasteiger partial charge in [0.05, 0.1) is 11.2 Å². The van der Waals surface area contributed by atoms with Crippen molar-refractivity contribution in [3.8, 4) is 0 Å². The summed E-state index contributed by atoms with van der Waals surface area (Å²) in [6.07, 6.45) is 4.89. The summed E-state index contributed by atoms with van der Waals surface area (Å²) in [4.78, 5) is 0. The molecule has 8 heteroatoms. The van der Waals surface area contributed by atoms with Crippen molar-refractivity contribution in [3.05, 3.63) is 11.2 Å². The normalized spacial score (nSPS) is 27.7. The van der Waals surface area contributed by atoms with E-state index in [1.165, 1.54) is 10.9 Å². The number of sulfonamides is 1. The van der Waals surface area contributed by atoms with Gasteiger partial charge in [-0.15, -0.1) is 11.6 Å². The molecule has 2 atom stereocenters. The minimum absolute atomic E-state index is 0.0121. The number of hydrogen-bond donors (Lipinski definition) is 1. The molecule has 20 heavy (non-hydrogen) atoms.